The van der Waals surface area contributed by atoms with E-state index < -0.39 is 12.0 Å². The van der Waals surface area contributed by atoms with Crippen LogP contribution in [-0.2, 0) is 21.4 Å². The normalized spacial score (nSPS) is 12.0. The molecule has 140 valence electrons. The van der Waals surface area contributed by atoms with Gasteiger partial charge in [0.1, 0.15) is 6.04 Å². The molecule has 0 aliphatic rings. The topological polar surface area (TPSA) is 79.2 Å². The van der Waals surface area contributed by atoms with Crippen LogP contribution in [0.4, 0.5) is 0 Å². The first kappa shape index (κ1) is 20.2. The third kappa shape index (κ3) is 5.18. The second-order valence-corrected chi connectivity index (χ2v) is 7.36. The van der Waals surface area contributed by atoms with Crippen LogP contribution in [0.3, 0.4) is 0 Å². The van der Waals surface area contributed by atoms with Gasteiger partial charge in [-0.2, -0.15) is 5.26 Å². The summed E-state index contributed by atoms with van der Waals surface area (Å²) in [4.78, 5) is 25.1. The molecule has 2 rings (SSSR count). The van der Waals surface area contributed by atoms with Crippen molar-refractivity contribution in [3.63, 3.8) is 0 Å². The highest BCUT2D eigenvalue weighted by Crippen LogP contribution is 2.25. The van der Waals surface area contributed by atoms with E-state index in [-0.39, 0.29) is 17.7 Å². The molecular weight excluding hydrogens is 340 g/mol. The molecule has 0 saturated heterocycles. The molecule has 27 heavy (non-hydrogen) atoms. The molecule has 2 aromatic rings. The Morgan fingerprint density at radius 2 is 1.74 bits per heavy atom. The van der Waals surface area contributed by atoms with Crippen molar-refractivity contribution in [3.8, 4) is 6.07 Å². The number of ether oxygens (including phenoxy) is 1. The lowest BCUT2D eigenvalue weighted by Gasteiger charge is -2.23. The molecule has 2 aromatic carbocycles. The molecule has 1 atom stereocenters. The van der Waals surface area contributed by atoms with Gasteiger partial charge in [0.15, 0.2) is 0 Å². The van der Waals surface area contributed by atoms with Gasteiger partial charge >= 0.3 is 5.97 Å². The van der Waals surface area contributed by atoms with Crippen molar-refractivity contribution in [1.82, 2.24) is 5.32 Å². The molecule has 0 aliphatic heterocycles. The summed E-state index contributed by atoms with van der Waals surface area (Å²) in [6, 6.07) is 15.5. The number of carbonyl (C=O) groups excluding carboxylic acids is 2. The first-order valence-corrected chi connectivity index (χ1v) is 8.73. The van der Waals surface area contributed by atoms with Crippen molar-refractivity contribution < 1.29 is 14.3 Å². The number of carbonyl (C=O) groups is 2. The van der Waals surface area contributed by atoms with Gasteiger partial charge in [-0.15, -0.1) is 0 Å². The number of nitrogens with zero attached hydrogens (tertiary/aromatic N) is 1. The van der Waals surface area contributed by atoms with Crippen LogP contribution in [0.5, 0.6) is 0 Å². The van der Waals surface area contributed by atoms with Crippen LogP contribution < -0.4 is 5.32 Å². The maximum atomic E-state index is 12.9. The van der Waals surface area contributed by atoms with E-state index in [1.165, 1.54) is 7.11 Å². The highest BCUT2D eigenvalue weighted by molar-refractivity contribution is 5.98. The van der Waals surface area contributed by atoms with Gasteiger partial charge in [-0.1, -0.05) is 51.1 Å². The van der Waals surface area contributed by atoms with E-state index in [0.717, 1.165) is 11.1 Å². The molecule has 0 unspecified atom stereocenters. The van der Waals surface area contributed by atoms with Gasteiger partial charge in [-0.25, -0.2) is 4.79 Å². The summed E-state index contributed by atoms with van der Waals surface area (Å²) >= 11 is 0. The predicted molar refractivity (Wildman–Crippen MR) is 103 cm³/mol. The number of rotatable bonds is 5. The van der Waals surface area contributed by atoms with Crippen molar-refractivity contribution in [3.05, 3.63) is 70.8 Å². The van der Waals surface area contributed by atoms with E-state index in [4.69, 9.17) is 10.00 Å². The van der Waals surface area contributed by atoms with Crippen molar-refractivity contribution in [1.29, 1.82) is 5.26 Å². The monoisotopic (exact) mass is 364 g/mol. The first-order chi connectivity index (χ1) is 12.8. The number of esters is 1. The van der Waals surface area contributed by atoms with Crippen LogP contribution in [0.2, 0.25) is 0 Å². The van der Waals surface area contributed by atoms with Crippen LogP contribution in [0.15, 0.2) is 48.5 Å². The zero-order chi connectivity index (χ0) is 20.0. The Kier molecular flexibility index (Phi) is 6.36. The summed E-state index contributed by atoms with van der Waals surface area (Å²) in [6.07, 6.45) is 0.280. The Bertz CT molecular complexity index is 858. The molecule has 0 bridgehead atoms. The lowest BCUT2D eigenvalue weighted by molar-refractivity contribution is -0.142. The smallest absolute Gasteiger partial charge is 0.328 e. The van der Waals surface area contributed by atoms with E-state index >= 15 is 0 Å². The van der Waals surface area contributed by atoms with Gasteiger partial charge in [0.05, 0.1) is 18.7 Å². The maximum Gasteiger partial charge on any atom is 0.328 e. The van der Waals surface area contributed by atoms with Gasteiger partial charge in [-0.3, -0.25) is 4.79 Å². The summed E-state index contributed by atoms with van der Waals surface area (Å²) in [7, 11) is 1.30. The van der Waals surface area contributed by atoms with Gasteiger partial charge in [-0.05, 0) is 34.7 Å². The average molecular weight is 364 g/mol. The van der Waals surface area contributed by atoms with E-state index in [1.54, 1.807) is 36.4 Å². The lowest BCUT2D eigenvalue weighted by atomic mass is 9.83. The largest absolute Gasteiger partial charge is 0.467 e. The van der Waals surface area contributed by atoms with Crippen LogP contribution in [0, 0.1) is 11.3 Å². The highest BCUT2D eigenvalue weighted by Gasteiger charge is 2.26. The predicted octanol–water partition coefficient (Wildman–Crippen LogP) is 3.37. The molecule has 0 fully saturated rings. The van der Waals surface area contributed by atoms with Crippen LogP contribution >= 0.6 is 0 Å². The number of hydrogen-bond acceptors (Lipinski definition) is 4. The fourth-order valence-corrected chi connectivity index (χ4v) is 2.86. The van der Waals surface area contributed by atoms with Crippen molar-refractivity contribution in [2.45, 2.75) is 38.6 Å². The fourth-order valence-electron chi connectivity index (χ4n) is 2.86. The molecule has 0 aromatic heterocycles. The second-order valence-electron chi connectivity index (χ2n) is 7.36. The molecule has 1 N–H and O–H groups in total. The van der Waals surface area contributed by atoms with Crippen LogP contribution in [0.1, 0.15) is 47.8 Å². The molecule has 0 saturated carbocycles. The molecule has 5 nitrogen and oxygen atoms in total. The van der Waals surface area contributed by atoms with Gasteiger partial charge in [0.25, 0.3) is 5.91 Å². The Morgan fingerprint density at radius 3 is 2.30 bits per heavy atom. The van der Waals surface area contributed by atoms with E-state index in [2.05, 4.69) is 11.4 Å². The zero-order valence-corrected chi connectivity index (χ0v) is 16.1. The molecule has 0 radical (unpaired) electrons. The number of hydrogen-bond donors (Lipinski definition) is 1. The van der Waals surface area contributed by atoms with Gasteiger partial charge in [0.2, 0.25) is 0 Å². The minimum absolute atomic E-state index is 0.207. The summed E-state index contributed by atoms with van der Waals surface area (Å²) in [5.41, 5.74) is 2.61. The Morgan fingerprint density at radius 1 is 1.11 bits per heavy atom. The number of benzene rings is 2. The summed E-state index contributed by atoms with van der Waals surface area (Å²) < 4.78 is 4.86. The summed E-state index contributed by atoms with van der Waals surface area (Å²) in [5, 5.41) is 11.7. The minimum atomic E-state index is -0.816. The quantitative estimate of drug-likeness (QED) is 0.825. The van der Waals surface area contributed by atoms with Crippen LogP contribution in [0.25, 0.3) is 0 Å². The first-order valence-electron chi connectivity index (χ1n) is 8.73. The van der Waals surface area contributed by atoms with Crippen LogP contribution in [-0.4, -0.2) is 25.0 Å². The SMILES string of the molecule is COC(=O)[C@H](Cc1ccc(C#N)cc1)NC(=O)c1ccccc1C(C)(C)C. The maximum absolute atomic E-state index is 12.9. The van der Waals surface area contributed by atoms with Crippen molar-refractivity contribution in [2.24, 2.45) is 0 Å². The second kappa shape index (κ2) is 8.50. The summed E-state index contributed by atoms with van der Waals surface area (Å²) in [6.45, 7) is 6.11. The third-order valence-electron chi connectivity index (χ3n) is 4.29. The lowest BCUT2D eigenvalue weighted by Crippen LogP contribution is -2.43. The Balaban J connectivity index is 2.25. The Hall–Kier alpha value is -3.13. The third-order valence-corrected chi connectivity index (χ3v) is 4.29. The van der Waals surface area contributed by atoms with E-state index in [9.17, 15) is 9.59 Å². The molecule has 0 aliphatic carbocycles. The standard InChI is InChI=1S/C22H24N2O3/c1-22(2,3)18-8-6-5-7-17(18)20(25)24-19(21(26)27-4)13-15-9-11-16(14-23)12-10-15/h5-12,19H,13H2,1-4H3,(H,24,25)/t19-/m0/s1. The van der Waals surface area contributed by atoms with E-state index in [0.29, 0.717) is 11.1 Å². The molecule has 0 spiro atoms. The minimum Gasteiger partial charge on any atom is -0.467 e. The average Bonchev–Trinajstić information content (AvgIpc) is 2.66. The van der Waals surface area contributed by atoms with Crippen molar-refractivity contribution >= 4 is 11.9 Å². The van der Waals surface area contributed by atoms with Crippen molar-refractivity contribution in [2.75, 3.05) is 7.11 Å². The Labute approximate surface area is 160 Å². The van der Waals surface area contributed by atoms with Gasteiger partial charge in [0, 0.05) is 12.0 Å². The molecule has 1 amide bonds. The molecular formula is C22H24N2O3. The van der Waals surface area contributed by atoms with E-state index in [1.807, 2.05) is 32.9 Å². The van der Waals surface area contributed by atoms with Gasteiger partial charge < -0.3 is 10.1 Å². The molecule has 5 heteroatoms. The molecule has 0 heterocycles. The highest BCUT2D eigenvalue weighted by atomic mass is 16.5. The number of amides is 1. The fraction of sp³-hybridized carbons (Fsp3) is 0.318. The number of nitriles is 1. The number of nitrogens with one attached hydrogen (secondary N) is 1. The zero-order valence-electron chi connectivity index (χ0n) is 16.1. The summed E-state index contributed by atoms with van der Waals surface area (Å²) in [5.74, 6) is -0.828. The number of methoxy groups -OCH3 is 1.